The van der Waals surface area contributed by atoms with Crippen LogP contribution in [-0.2, 0) is 12.8 Å². The van der Waals surface area contributed by atoms with Crippen molar-refractivity contribution in [3.8, 4) is 0 Å². The zero-order chi connectivity index (χ0) is 12.4. The Morgan fingerprint density at radius 1 is 1.65 bits per heavy atom. The van der Waals surface area contributed by atoms with Gasteiger partial charge in [0.2, 0.25) is 5.76 Å². The van der Waals surface area contributed by atoms with Crippen LogP contribution in [-0.4, -0.2) is 20.9 Å². The summed E-state index contributed by atoms with van der Waals surface area (Å²) in [5.74, 6) is 0.280. The molecule has 0 unspecified atom stereocenters. The Morgan fingerprint density at radius 2 is 2.41 bits per heavy atom. The number of hydrogen-bond donors (Lipinski definition) is 1. The zero-order valence-corrected chi connectivity index (χ0v) is 10.3. The van der Waals surface area contributed by atoms with Gasteiger partial charge < -0.3 is 9.52 Å². The molecule has 0 aliphatic carbocycles. The summed E-state index contributed by atoms with van der Waals surface area (Å²) in [5, 5.41) is 12.9. The second-order valence-corrected chi connectivity index (χ2v) is 4.68. The van der Waals surface area contributed by atoms with E-state index in [-0.39, 0.29) is 5.76 Å². The summed E-state index contributed by atoms with van der Waals surface area (Å²) < 4.78 is 6.87. The number of carboxylic acids is 1. The summed E-state index contributed by atoms with van der Waals surface area (Å²) in [6, 6.07) is 1.57. The lowest BCUT2D eigenvalue weighted by Crippen LogP contribution is -1.91. The lowest BCUT2D eigenvalue weighted by molar-refractivity contribution is 0.0661. The van der Waals surface area contributed by atoms with Gasteiger partial charge in [0.05, 0.1) is 6.20 Å². The highest BCUT2D eigenvalue weighted by atomic mass is 32.2. The van der Waals surface area contributed by atoms with Crippen molar-refractivity contribution in [2.75, 3.05) is 0 Å². The molecule has 90 valence electrons. The van der Waals surface area contributed by atoms with Crippen LogP contribution >= 0.6 is 11.8 Å². The number of furan rings is 1. The fourth-order valence-electron chi connectivity index (χ4n) is 1.40. The first-order chi connectivity index (χ1) is 8.06. The van der Waals surface area contributed by atoms with Gasteiger partial charge in [0.15, 0.2) is 0 Å². The maximum Gasteiger partial charge on any atom is 0.371 e. The Hall–Kier alpha value is -1.69. The molecule has 0 radical (unpaired) electrons. The highest BCUT2D eigenvalue weighted by Gasteiger charge is 2.13. The highest BCUT2D eigenvalue weighted by molar-refractivity contribution is 7.98. The van der Waals surface area contributed by atoms with E-state index >= 15 is 0 Å². The predicted octanol–water partition coefficient (Wildman–Crippen LogP) is 2.31. The van der Waals surface area contributed by atoms with Gasteiger partial charge in [-0.15, -0.1) is 11.8 Å². The molecule has 0 fully saturated rings. The first kappa shape index (κ1) is 11.8. The first-order valence-corrected chi connectivity index (χ1v) is 5.99. The van der Waals surface area contributed by atoms with Crippen LogP contribution in [0.1, 0.15) is 21.9 Å². The first-order valence-electron chi connectivity index (χ1n) is 5.00. The number of carboxylic acid groups (broad SMARTS) is 1. The van der Waals surface area contributed by atoms with E-state index in [1.165, 1.54) is 0 Å². The summed E-state index contributed by atoms with van der Waals surface area (Å²) in [6.45, 7) is 1.77. The van der Waals surface area contributed by atoms with Crippen LogP contribution in [0.5, 0.6) is 0 Å². The average molecular weight is 252 g/mol. The fraction of sp³-hybridized carbons (Fsp3) is 0.273. The minimum atomic E-state index is -1.04. The van der Waals surface area contributed by atoms with Gasteiger partial charge in [-0.3, -0.25) is 4.68 Å². The van der Waals surface area contributed by atoms with Crippen molar-refractivity contribution in [1.82, 2.24) is 9.78 Å². The number of aromatic carboxylic acids is 1. The molecule has 2 aromatic rings. The molecule has 0 spiro atoms. The van der Waals surface area contributed by atoms with Gasteiger partial charge in [-0.2, -0.15) is 5.10 Å². The third-order valence-corrected chi connectivity index (χ3v) is 3.31. The predicted molar refractivity (Wildman–Crippen MR) is 63.2 cm³/mol. The topological polar surface area (TPSA) is 68.3 Å². The third kappa shape index (κ3) is 2.71. The second kappa shape index (κ2) is 4.67. The van der Waals surface area contributed by atoms with Gasteiger partial charge in [0, 0.05) is 29.5 Å². The van der Waals surface area contributed by atoms with E-state index in [1.54, 1.807) is 35.6 Å². The molecule has 0 aliphatic rings. The molecule has 5 nitrogen and oxygen atoms in total. The Bertz CT molecular complexity index is 545. The smallest absolute Gasteiger partial charge is 0.371 e. The molecular formula is C11H12N2O3S. The van der Waals surface area contributed by atoms with Gasteiger partial charge in [0.25, 0.3) is 0 Å². The van der Waals surface area contributed by atoms with Gasteiger partial charge in [-0.05, 0) is 13.0 Å². The summed E-state index contributed by atoms with van der Waals surface area (Å²) >= 11 is 1.60. The highest BCUT2D eigenvalue weighted by Crippen LogP contribution is 2.25. The van der Waals surface area contributed by atoms with E-state index in [1.807, 2.05) is 13.2 Å². The number of rotatable bonds is 4. The Morgan fingerprint density at radius 3 is 2.94 bits per heavy atom. The molecule has 0 atom stereocenters. The number of aryl methyl sites for hydroxylation is 2. The SMILES string of the molecule is Cc1oc(C(=O)O)cc1CSc1cnn(C)c1. The van der Waals surface area contributed by atoms with Gasteiger partial charge >= 0.3 is 5.97 Å². The van der Waals surface area contributed by atoms with Crippen LogP contribution in [0.4, 0.5) is 0 Å². The lowest BCUT2D eigenvalue weighted by Gasteiger charge is -1.95. The molecule has 0 saturated carbocycles. The van der Waals surface area contributed by atoms with Crippen molar-refractivity contribution in [1.29, 1.82) is 0 Å². The molecule has 1 N–H and O–H groups in total. The third-order valence-electron chi connectivity index (χ3n) is 2.31. The van der Waals surface area contributed by atoms with Crippen molar-refractivity contribution >= 4 is 17.7 Å². The van der Waals surface area contributed by atoms with E-state index in [0.29, 0.717) is 11.5 Å². The summed E-state index contributed by atoms with van der Waals surface area (Å²) in [5.41, 5.74) is 0.899. The average Bonchev–Trinajstić information content (AvgIpc) is 2.82. The number of nitrogens with zero attached hydrogens (tertiary/aromatic N) is 2. The van der Waals surface area contributed by atoms with E-state index in [0.717, 1.165) is 10.5 Å². The van der Waals surface area contributed by atoms with Gasteiger partial charge in [-0.1, -0.05) is 0 Å². The monoisotopic (exact) mass is 252 g/mol. The molecule has 0 bridgehead atoms. The Labute approximate surface area is 102 Å². The molecule has 17 heavy (non-hydrogen) atoms. The summed E-state index contributed by atoms with van der Waals surface area (Å²) in [7, 11) is 1.86. The quantitative estimate of drug-likeness (QED) is 0.846. The van der Waals surface area contributed by atoms with E-state index < -0.39 is 5.97 Å². The van der Waals surface area contributed by atoms with Crippen LogP contribution in [0.15, 0.2) is 27.8 Å². The molecule has 0 aromatic carbocycles. The maximum absolute atomic E-state index is 10.7. The van der Waals surface area contributed by atoms with Crippen LogP contribution in [0.25, 0.3) is 0 Å². The zero-order valence-electron chi connectivity index (χ0n) is 9.51. The number of aromatic nitrogens is 2. The second-order valence-electron chi connectivity index (χ2n) is 3.64. The van der Waals surface area contributed by atoms with E-state index in [4.69, 9.17) is 9.52 Å². The normalized spacial score (nSPS) is 10.7. The van der Waals surface area contributed by atoms with Crippen molar-refractivity contribution in [3.05, 3.63) is 35.5 Å². The van der Waals surface area contributed by atoms with Gasteiger partial charge in [0.1, 0.15) is 5.76 Å². The van der Waals surface area contributed by atoms with E-state index in [9.17, 15) is 4.79 Å². The Kier molecular flexibility index (Phi) is 3.23. The summed E-state index contributed by atoms with van der Waals surface area (Å²) in [6.07, 6.45) is 3.69. The fourth-order valence-corrected chi connectivity index (χ4v) is 2.36. The standard InChI is InChI=1S/C11H12N2O3S/c1-7-8(3-10(16-7)11(14)15)6-17-9-4-12-13(2)5-9/h3-5H,6H2,1-2H3,(H,14,15). The molecule has 2 rings (SSSR count). The van der Waals surface area contributed by atoms with Crippen LogP contribution in [0, 0.1) is 6.92 Å². The van der Waals surface area contributed by atoms with Crippen molar-refractivity contribution in [3.63, 3.8) is 0 Å². The molecular weight excluding hydrogens is 240 g/mol. The lowest BCUT2D eigenvalue weighted by atomic mass is 10.3. The number of thioether (sulfide) groups is 1. The maximum atomic E-state index is 10.7. The molecule has 0 aliphatic heterocycles. The molecule has 2 heterocycles. The summed E-state index contributed by atoms with van der Waals surface area (Å²) in [4.78, 5) is 11.8. The van der Waals surface area contributed by atoms with Gasteiger partial charge in [-0.25, -0.2) is 4.79 Å². The molecule has 0 saturated heterocycles. The van der Waals surface area contributed by atoms with Crippen LogP contribution < -0.4 is 0 Å². The number of carbonyl (C=O) groups is 1. The molecule has 6 heteroatoms. The van der Waals surface area contributed by atoms with Crippen molar-refractivity contribution in [2.24, 2.45) is 7.05 Å². The molecule has 2 aromatic heterocycles. The minimum absolute atomic E-state index is 0.00992. The Balaban J connectivity index is 2.06. The van der Waals surface area contributed by atoms with Crippen molar-refractivity contribution in [2.45, 2.75) is 17.6 Å². The van der Waals surface area contributed by atoms with E-state index in [2.05, 4.69) is 5.10 Å². The van der Waals surface area contributed by atoms with Crippen molar-refractivity contribution < 1.29 is 14.3 Å². The van der Waals surface area contributed by atoms with Crippen LogP contribution in [0.2, 0.25) is 0 Å². The minimum Gasteiger partial charge on any atom is -0.475 e. The molecule has 0 amide bonds. The number of hydrogen-bond acceptors (Lipinski definition) is 4. The van der Waals surface area contributed by atoms with Crippen LogP contribution in [0.3, 0.4) is 0 Å². The largest absolute Gasteiger partial charge is 0.475 e.